The third kappa shape index (κ3) is 3.40. The number of carboxylic acid groups (broad SMARTS) is 1. The lowest BCUT2D eigenvalue weighted by molar-refractivity contribution is -0.138. The third-order valence-electron chi connectivity index (χ3n) is 3.27. The van der Waals surface area contributed by atoms with Gasteiger partial charge < -0.3 is 25.1 Å². The number of ether oxygens (including phenoxy) is 3. The molecule has 110 valence electrons. The van der Waals surface area contributed by atoms with Crippen LogP contribution in [-0.2, 0) is 9.53 Å². The van der Waals surface area contributed by atoms with Crippen LogP contribution in [0.5, 0.6) is 11.5 Å². The molecule has 1 aliphatic rings. The Bertz CT molecular complexity index is 471. The number of hydrogen-bond donors (Lipinski definition) is 2. The molecule has 20 heavy (non-hydrogen) atoms. The normalized spacial score (nSPS) is 17.5. The third-order valence-corrected chi connectivity index (χ3v) is 3.27. The first-order valence-corrected chi connectivity index (χ1v) is 6.52. The van der Waals surface area contributed by atoms with Crippen LogP contribution in [0.1, 0.15) is 24.4 Å². The molecule has 6 nitrogen and oxygen atoms in total. The van der Waals surface area contributed by atoms with Gasteiger partial charge in [0.25, 0.3) is 0 Å². The largest absolute Gasteiger partial charge is 0.493 e. The molecule has 1 atom stereocenters. The smallest absolute Gasteiger partial charge is 0.325 e. The fourth-order valence-electron chi connectivity index (χ4n) is 2.09. The molecule has 0 amide bonds. The summed E-state index contributed by atoms with van der Waals surface area (Å²) in [6.07, 6.45) is 1.66. The number of carbonyl (C=O) groups is 1. The van der Waals surface area contributed by atoms with Crippen molar-refractivity contribution >= 4 is 5.97 Å². The van der Waals surface area contributed by atoms with Gasteiger partial charge in [0.1, 0.15) is 12.1 Å². The minimum Gasteiger partial charge on any atom is -0.493 e. The molecule has 1 aromatic carbocycles. The van der Waals surface area contributed by atoms with Gasteiger partial charge >= 0.3 is 5.97 Å². The van der Waals surface area contributed by atoms with Crippen molar-refractivity contribution in [2.75, 3.05) is 20.3 Å². The van der Waals surface area contributed by atoms with E-state index in [4.69, 9.17) is 25.1 Å². The molecular weight excluding hydrogens is 262 g/mol. The molecule has 0 spiro atoms. The molecule has 3 N–H and O–H groups in total. The Kier molecular flexibility index (Phi) is 4.81. The van der Waals surface area contributed by atoms with E-state index in [1.165, 1.54) is 0 Å². The lowest BCUT2D eigenvalue weighted by atomic mass is 10.1. The molecule has 0 bridgehead atoms. The Hall–Kier alpha value is -1.79. The maximum atomic E-state index is 10.9. The van der Waals surface area contributed by atoms with Crippen molar-refractivity contribution in [3.63, 3.8) is 0 Å². The minimum atomic E-state index is -1.08. The van der Waals surface area contributed by atoms with Gasteiger partial charge in [-0.15, -0.1) is 0 Å². The maximum Gasteiger partial charge on any atom is 0.325 e. The van der Waals surface area contributed by atoms with Gasteiger partial charge in [-0.1, -0.05) is 6.07 Å². The topological polar surface area (TPSA) is 91.0 Å². The maximum absolute atomic E-state index is 10.9. The van der Waals surface area contributed by atoms with Gasteiger partial charge in [-0.25, -0.2) is 0 Å². The Morgan fingerprint density at radius 2 is 2.10 bits per heavy atom. The lowest BCUT2D eigenvalue weighted by Crippen LogP contribution is -2.26. The molecule has 1 aromatic rings. The van der Waals surface area contributed by atoms with Gasteiger partial charge in [0.2, 0.25) is 0 Å². The van der Waals surface area contributed by atoms with Crippen molar-refractivity contribution in [2.24, 2.45) is 5.73 Å². The summed E-state index contributed by atoms with van der Waals surface area (Å²) in [5.41, 5.74) is 6.10. The number of benzene rings is 1. The second kappa shape index (κ2) is 6.58. The molecular formula is C14H19NO5. The van der Waals surface area contributed by atoms with E-state index in [0.29, 0.717) is 30.3 Å². The summed E-state index contributed by atoms with van der Waals surface area (Å²) in [5, 5.41) is 8.96. The monoisotopic (exact) mass is 281 g/mol. The average molecular weight is 281 g/mol. The second-order valence-electron chi connectivity index (χ2n) is 4.66. The first kappa shape index (κ1) is 14.6. The summed E-state index contributed by atoms with van der Waals surface area (Å²) < 4.78 is 16.4. The molecule has 1 unspecified atom stereocenters. The Balaban J connectivity index is 2.19. The van der Waals surface area contributed by atoms with E-state index in [1.54, 1.807) is 25.3 Å². The zero-order valence-corrected chi connectivity index (χ0v) is 11.4. The van der Waals surface area contributed by atoms with Gasteiger partial charge in [0, 0.05) is 12.8 Å². The van der Waals surface area contributed by atoms with Crippen LogP contribution in [0.3, 0.4) is 0 Å². The van der Waals surface area contributed by atoms with E-state index in [0.717, 1.165) is 12.8 Å². The predicted octanol–water partition coefficient (Wildman–Crippen LogP) is 1.34. The Morgan fingerprint density at radius 3 is 2.70 bits per heavy atom. The van der Waals surface area contributed by atoms with Crippen LogP contribution in [0, 0.1) is 0 Å². The molecule has 6 heteroatoms. The summed E-state index contributed by atoms with van der Waals surface area (Å²) in [4.78, 5) is 10.9. The highest BCUT2D eigenvalue weighted by molar-refractivity contribution is 5.75. The molecule has 0 aliphatic carbocycles. The molecule has 1 saturated heterocycles. The van der Waals surface area contributed by atoms with Crippen LogP contribution in [0.25, 0.3) is 0 Å². The van der Waals surface area contributed by atoms with E-state index in [-0.39, 0.29) is 6.10 Å². The quantitative estimate of drug-likeness (QED) is 0.846. The molecule has 1 heterocycles. The van der Waals surface area contributed by atoms with Crippen molar-refractivity contribution in [2.45, 2.75) is 25.0 Å². The van der Waals surface area contributed by atoms with E-state index in [9.17, 15) is 4.79 Å². The summed E-state index contributed by atoms with van der Waals surface area (Å²) >= 11 is 0. The van der Waals surface area contributed by atoms with E-state index in [2.05, 4.69) is 0 Å². The summed E-state index contributed by atoms with van der Waals surface area (Å²) in [5.74, 6) is 0.0126. The number of rotatable bonds is 5. The van der Waals surface area contributed by atoms with Gasteiger partial charge in [-0.3, -0.25) is 4.79 Å². The van der Waals surface area contributed by atoms with E-state index >= 15 is 0 Å². The number of aliphatic carboxylic acids is 1. The summed E-state index contributed by atoms with van der Waals surface area (Å²) in [7, 11) is 1.54. The first-order chi connectivity index (χ1) is 9.61. The van der Waals surface area contributed by atoms with Gasteiger partial charge in [0.15, 0.2) is 11.5 Å². The van der Waals surface area contributed by atoms with E-state index < -0.39 is 12.0 Å². The second-order valence-corrected chi connectivity index (χ2v) is 4.66. The van der Waals surface area contributed by atoms with Gasteiger partial charge in [-0.05, 0) is 17.7 Å². The zero-order valence-electron chi connectivity index (χ0n) is 11.4. The number of hydrogen-bond acceptors (Lipinski definition) is 5. The highest BCUT2D eigenvalue weighted by Crippen LogP contribution is 2.32. The molecule has 0 radical (unpaired) electrons. The van der Waals surface area contributed by atoms with Crippen molar-refractivity contribution in [3.05, 3.63) is 23.8 Å². The Labute approximate surface area is 117 Å². The number of methoxy groups -OCH3 is 1. The fourth-order valence-corrected chi connectivity index (χ4v) is 2.09. The predicted molar refractivity (Wildman–Crippen MR) is 72.0 cm³/mol. The highest BCUT2D eigenvalue weighted by Gasteiger charge is 2.20. The highest BCUT2D eigenvalue weighted by atomic mass is 16.5. The van der Waals surface area contributed by atoms with Crippen LogP contribution < -0.4 is 15.2 Å². The Morgan fingerprint density at radius 1 is 1.40 bits per heavy atom. The van der Waals surface area contributed by atoms with Crippen molar-refractivity contribution in [1.82, 2.24) is 0 Å². The van der Waals surface area contributed by atoms with E-state index in [1.807, 2.05) is 0 Å². The average Bonchev–Trinajstić information content (AvgIpc) is 2.47. The van der Waals surface area contributed by atoms with Gasteiger partial charge in [-0.2, -0.15) is 0 Å². The van der Waals surface area contributed by atoms with Crippen molar-refractivity contribution in [1.29, 1.82) is 0 Å². The molecule has 0 aromatic heterocycles. The van der Waals surface area contributed by atoms with Crippen LogP contribution in [0.2, 0.25) is 0 Å². The molecule has 1 fully saturated rings. The van der Waals surface area contributed by atoms with Gasteiger partial charge in [0.05, 0.1) is 20.3 Å². The molecule has 1 aliphatic heterocycles. The van der Waals surface area contributed by atoms with Crippen LogP contribution >= 0.6 is 0 Å². The van der Waals surface area contributed by atoms with Crippen LogP contribution in [0.4, 0.5) is 0 Å². The van der Waals surface area contributed by atoms with Crippen LogP contribution in [0.15, 0.2) is 18.2 Å². The first-order valence-electron chi connectivity index (χ1n) is 6.52. The fraction of sp³-hybridized carbons (Fsp3) is 0.500. The standard InChI is InChI=1S/C14H19NO5/c1-18-11-3-2-9(13(15)14(16)17)8-12(11)20-10-4-6-19-7-5-10/h2-3,8,10,13H,4-7,15H2,1H3,(H,16,17). The van der Waals surface area contributed by atoms with Crippen molar-refractivity contribution < 1.29 is 24.1 Å². The number of carboxylic acids is 1. The minimum absolute atomic E-state index is 0.0500. The van der Waals surface area contributed by atoms with Crippen molar-refractivity contribution in [3.8, 4) is 11.5 Å². The molecule has 2 rings (SSSR count). The zero-order chi connectivity index (χ0) is 14.5. The van der Waals surface area contributed by atoms with Crippen LogP contribution in [-0.4, -0.2) is 37.5 Å². The summed E-state index contributed by atoms with van der Waals surface area (Å²) in [6, 6.07) is 3.87. The number of nitrogens with two attached hydrogens (primary N) is 1. The molecule has 0 saturated carbocycles. The SMILES string of the molecule is COc1ccc(C(N)C(=O)O)cc1OC1CCOCC1. The summed E-state index contributed by atoms with van der Waals surface area (Å²) in [6.45, 7) is 1.34. The lowest BCUT2D eigenvalue weighted by Gasteiger charge is -2.24.